The van der Waals surface area contributed by atoms with E-state index in [0.29, 0.717) is 28.5 Å². The Kier molecular flexibility index (Phi) is 7.85. The van der Waals surface area contributed by atoms with E-state index in [-0.39, 0.29) is 22.4 Å². The normalized spacial score (nSPS) is 15.3. The Labute approximate surface area is 210 Å². The second-order valence-corrected chi connectivity index (χ2v) is 12.2. The van der Waals surface area contributed by atoms with Crippen LogP contribution in [0.3, 0.4) is 0 Å². The minimum absolute atomic E-state index is 0.0102. The number of nitrogens with zero attached hydrogens (tertiary/aromatic N) is 4. The number of thiazole rings is 1. The summed E-state index contributed by atoms with van der Waals surface area (Å²) in [6.07, 6.45) is 4.96. The number of amides is 1. The van der Waals surface area contributed by atoms with Gasteiger partial charge < -0.3 is 4.90 Å². The highest BCUT2D eigenvalue weighted by atomic mass is 32.2. The van der Waals surface area contributed by atoms with Crippen LogP contribution in [0.25, 0.3) is 10.2 Å². The van der Waals surface area contributed by atoms with Crippen molar-refractivity contribution >= 4 is 42.6 Å². The fourth-order valence-electron chi connectivity index (χ4n) is 4.34. The lowest BCUT2D eigenvalue weighted by Gasteiger charge is -2.30. The Hall–Kier alpha value is -2.40. The molecule has 35 heavy (non-hydrogen) atoms. The van der Waals surface area contributed by atoms with E-state index in [2.05, 4.69) is 4.98 Å². The number of halogens is 1. The van der Waals surface area contributed by atoms with E-state index in [0.717, 1.165) is 32.1 Å². The number of rotatable bonds is 8. The van der Waals surface area contributed by atoms with Crippen LogP contribution in [0.4, 0.5) is 9.52 Å². The quantitative estimate of drug-likeness (QED) is 0.436. The molecule has 0 radical (unpaired) electrons. The number of sulfonamides is 1. The number of carbonyl (C=O) groups is 1. The number of carbonyl (C=O) groups excluding carboxylic acids is 1. The zero-order chi connectivity index (χ0) is 25.2. The number of benzene rings is 2. The number of anilines is 1. The highest BCUT2D eigenvalue weighted by Gasteiger charge is 2.29. The molecule has 1 aromatic heterocycles. The fourth-order valence-corrected chi connectivity index (χ4v) is 6.76. The monoisotopic (exact) mass is 518 g/mol. The maximum absolute atomic E-state index is 14.2. The average Bonchev–Trinajstić information content (AvgIpc) is 3.29. The zero-order valence-electron chi connectivity index (χ0n) is 20.3. The van der Waals surface area contributed by atoms with E-state index >= 15 is 0 Å². The molecule has 1 aliphatic carbocycles. The lowest BCUT2D eigenvalue weighted by atomic mass is 9.96. The van der Waals surface area contributed by atoms with Crippen molar-refractivity contribution < 1.29 is 17.6 Å². The predicted octanol–water partition coefficient (Wildman–Crippen LogP) is 4.60. The largest absolute Gasteiger partial charge is 0.308 e. The molecule has 10 heteroatoms. The Morgan fingerprint density at radius 3 is 2.34 bits per heavy atom. The summed E-state index contributed by atoms with van der Waals surface area (Å²) in [5, 5.41) is 0.408. The summed E-state index contributed by atoms with van der Waals surface area (Å²) in [5.41, 5.74) is 0.588. The molecule has 7 nitrogen and oxygen atoms in total. The van der Waals surface area contributed by atoms with Gasteiger partial charge in [0.1, 0.15) is 11.3 Å². The van der Waals surface area contributed by atoms with Gasteiger partial charge in [0.15, 0.2) is 5.13 Å². The Morgan fingerprint density at radius 2 is 1.71 bits per heavy atom. The second kappa shape index (κ2) is 10.7. The van der Waals surface area contributed by atoms with Gasteiger partial charge in [-0.15, -0.1) is 0 Å². The number of aromatic nitrogens is 1. The summed E-state index contributed by atoms with van der Waals surface area (Å²) in [6.45, 7) is 0.945. The van der Waals surface area contributed by atoms with E-state index in [4.69, 9.17) is 0 Å². The molecule has 2 aromatic carbocycles. The van der Waals surface area contributed by atoms with Crippen LogP contribution in [-0.2, 0) is 10.0 Å². The van der Waals surface area contributed by atoms with Crippen LogP contribution in [0.2, 0.25) is 0 Å². The molecule has 1 aliphatic rings. The van der Waals surface area contributed by atoms with E-state index in [1.165, 1.54) is 38.7 Å². The third kappa shape index (κ3) is 5.55. The molecule has 0 saturated heterocycles. The van der Waals surface area contributed by atoms with Gasteiger partial charge in [0, 0.05) is 31.7 Å². The molecule has 188 valence electrons. The van der Waals surface area contributed by atoms with Crippen molar-refractivity contribution in [3.63, 3.8) is 0 Å². The number of hydrogen-bond acceptors (Lipinski definition) is 6. The number of para-hydroxylation sites is 1. The van der Waals surface area contributed by atoms with E-state index < -0.39 is 15.8 Å². The molecule has 0 unspecified atom stereocenters. The summed E-state index contributed by atoms with van der Waals surface area (Å²) in [7, 11) is 1.80. The van der Waals surface area contributed by atoms with Gasteiger partial charge in [0.25, 0.3) is 5.91 Å². The van der Waals surface area contributed by atoms with E-state index in [9.17, 15) is 17.6 Å². The molecule has 1 fully saturated rings. The van der Waals surface area contributed by atoms with E-state index in [1.54, 1.807) is 31.3 Å². The smallest absolute Gasteiger partial charge is 0.260 e. The third-order valence-corrected chi connectivity index (χ3v) is 9.44. The van der Waals surface area contributed by atoms with Gasteiger partial charge in [0.2, 0.25) is 10.0 Å². The molecule has 0 spiro atoms. The first-order valence-corrected chi connectivity index (χ1v) is 14.0. The average molecular weight is 519 g/mol. The van der Waals surface area contributed by atoms with Gasteiger partial charge >= 0.3 is 0 Å². The molecular formula is C25H31FN4O3S2. The predicted molar refractivity (Wildman–Crippen MR) is 138 cm³/mol. The molecule has 3 aromatic rings. The lowest BCUT2D eigenvalue weighted by molar-refractivity contribution is 0.0985. The van der Waals surface area contributed by atoms with Gasteiger partial charge in [-0.1, -0.05) is 36.7 Å². The zero-order valence-corrected chi connectivity index (χ0v) is 21.9. The van der Waals surface area contributed by atoms with Gasteiger partial charge in [-0.05, 0) is 63.3 Å². The van der Waals surface area contributed by atoms with Crippen LogP contribution < -0.4 is 4.90 Å². The Bertz CT molecular complexity index is 1290. The molecule has 4 rings (SSSR count). The Morgan fingerprint density at radius 1 is 1.03 bits per heavy atom. The van der Waals surface area contributed by atoms with Crippen molar-refractivity contribution in [1.82, 2.24) is 14.2 Å². The molecule has 0 N–H and O–H groups in total. The summed E-state index contributed by atoms with van der Waals surface area (Å²) < 4.78 is 42.7. The van der Waals surface area contributed by atoms with Gasteiger partial charge in [-0.3, -0.25) is 9.69 Å². The van der Waals surface area contributed by atoms with Crippen molar-refractivity contribution in [3.05, 3.63) is 53.8 Å². The van der Waals surface area contributed by atoms with Crippen LogP contribution in [0, 0.1) is 5.82 Å². The van der Waals surface area contributed by atoms with Gasteiger partial charge in [-0.2, -0.15) is 4.31 Å². The molecule has 1 saturated carbocycles. The van der Waals surface area contributed by atoms with Crippen molar-refractivity contribution in [2.75, 3.05) is 39.1 Å². The first kappa shape index (κ1) is 25.7. The van der Waals surface area contributed by atoms with Gasteiger partial charge in [-0.25, -0.2) is 17.8 Å². The van der Waals surface area contributed by atoms with Crippen molar-refractivity contribution in [3.8, 4) is 0 Å². The summed E-state index contributed by atoms with van der Waals surface area (Å²) >= 11 is 1.25. The van der Waals surface area contributed by atoms with Crippen LogP contribution in [0.5, 0.6) is 0 Å². The summed E-state index contributed by atoms with van der Waals surface area (Å²) in [4.78, 5) is 21.5. The second-order valence-electron chi connectivity index (χ2n) is 9.18. The summed E-state index contributed by atoms with van der Waals surface area (Å²) in [5.74, 6) is -0.738. The first-order chi connectivity index (χ1) is 16.7. The highest BCUT2D eigenvalue weighted by Crippen LogP contribution is 2.31. The van der Waals surface area contributed by atoms with Crippen LogP contribution in [-0.4, -0.2) is 68.8 Å². The summed E-state index contributed by atoms with van der Waals surface area (Å²) in [6, 6.07) is 10.8. The maximum atomic E-state index is 14.2. The van der Waals surface area contributed by atoms with Crippen molar-refractivity contribution in [2.45, 2.75) is 43.0 Å². The standard InChI is InChI=1S/C25H31FN4O3S2/c1-28(2)16-17-30(25-27-23-21(26)10-7-11-22(23)34-25)24(31)18-12-14-20(15-13-18)35(32,33)29(3)19-8-5-4-6-9-19/h7,10-15,19H,4-6,8-9,16-17H2,1-3H3. The number of hydrogen-bond donors (Lipinski definition) is 0. The van der Waals surface area contributed by atoms with Gasteiger partial charge in [0.05, 0.1) is 9.60 Å². The topological polar surface area (TPSA) is 73.8 Å². The third-order valence-electron chi connectivity index (χ3n) is 6.47. The highest BCUT2D eigenvalue weighted by molar-refractivity contribution is 7.89. The number of likely N-dealkylation sites (N-methyl/N-ethyl adjacent to an activating group) is 1. The minimum atomic E-state index is -3.65. The number of fused-ring (bicyclic) bond motifs is 1. The molecule has 1 amide bonds. The van der Waals surface area contributed by atoms with Crippen LogP contribution in [0.15, 0.2) is 47.4 Å². The minimum Gasteiger partial charge on any atom is -0.308 e. The maximum Gasteiger partial charge on any atom is 0.260 e. The van der Waals surface area contributed by atoms with Crippen molar-refractivity contribution in [2.24, 2.45) is 0 Å². The van der Waals surface area contributed by atoms with Crippen molar-refractivity contribution in [1.29, 1.82) is 0 Å². The molecular weight excluding hydrogens is 487 g/mol. The fraction of sp³-hybridized carbons (Fsp3) is 0.440. The molecule has 0 aliphatic heterocycles. The SMILES string of the molecule is CN(C)CCN(C(=O)c1ccc(S(=O)(=O)N(C)C2CCCCC2)cc1)c1nc2c(F)cccc2s1. The molecule has 0 atom stereocenters. The Balaban J connectivity index is 1.60. The molecule has 0 bridgehead atoms. The van der Waals surface area contributed by atoms with Crippen LogP contribution >= 0.6 is 11.3 Å². The lowest BCUT2D eigenvalue weighted by Crippen LogP contribution is -2.38. The first-order valence-electron chi connectivity index (χ1n) is 11.8. The van der Waals surface area contributed by atoms with Crippen LogP contribution in [0.1, 0.15) is 42.5 Å². The molecule has 1 heterocycles. The van der Waals surface area contributed by atoms with E-state index in [1.807, 2.05) is 19.0 Å².